The summed E-state index contributed by atoms with van der Waals surface area (Å²) in [6.07, 6.45) is 0. The number of nitrogens with one attached hydrogen (secondary N) is 1. The van der Waals surface area contributed by atoms with Gasteiger partial charge in [-0.1, -0.05) is 11.9 Å². The lowest BCUT2D eigenvalue weighted by Gasteiger charge is -2.02. The van der Waals surface area contributed by atoms with Gasteiger partial charge in [0.25, 0.3) is 0 Å². The minimum Gasteiger partial charge on any atom is -0.759 e. The third-order valence-electron chi connectivity index (χ3n) is 0.306. The molecule has 0 aliphatic rings. The lowest BCUT2D eigenvalue weighted by atomic mass is 10.9. The monoisotopic (exact) mass is 158 g/mol. The number of hydrogen-bond donors (Lipinski definition) is 1. The van der Waals surface area contributed by atoms with Gasteiger partial charge in [0.1, 0.15) is 0 Å². The van der Waals surface area contributed by atoms with E-state index < -0.39 is 17.9 Å². The number of hydrogen-bond acceptors (Lipinski definition) is 3. The van der Waals surface area contributed by atoms with Gasteiger partial charge in [-0.05, 0) is 0 Å². The van der Waals surface area contributed by atoms with Crippen LogP contribution in [-0.2, 0) is 11.3 Å². The zero-order valence-corrected chi connectivity index (χ0v) is 5.56. The Morgan fingerprint density at radius 3 is 2.88 bits per heavy atom. The van der Waals surface area contributed by atoms with Crippen LogP contribution >= 0.6 is 11.9 Å². The van der Waals surface area contributed by atoms with Gasteiger partial charge in [0.2, 0.25) is 0 Å². The molecule has 0 amide bonds. The van der Waals surface area contributed by atoms with Crippen molar-refractivity contribution < 1.29 is 13.2 Å². The fourth-order valence-corrected chi connectivity index (χ4v) is 0.924. The molecule has 0 fully saturated rings. The fraction of sp³-hybridized carbons (Fsp3) is 1.00. The van der Waals surface area contributed by atoms with Crippen LogP contribution in [0.15, 0.2) is 0 Å². The molecule has 0 radical (unpaired) electrons. The van der Waals surface area contributed by atoms with Crippen LogP contribution in [0, 0.1) is 0 Å². The SMILES string of the molecule is O=S([O-])NSCCF. The molecule has 0 aromatic carbocycles. The number of alkyl halides is 1. The summed E-state index contributed by atoms with van der Waals surface area (Å²) in [6, 6.07) is 0. The Bertz CT molecular complexity index is 80.4. The van der Waals surface area contributed by atoms with Gasteiger partial charge in [-0.3, -0.25) is 8.60 Å². The van der Waals surface area contributed by atoms with Crippen molar-refractivity contribution in [1.82, 2.24) is 4.13 Å². The third kappa shape index (κ3) is 6.35. The van der Waals surface area contributed by atoms with E-state index in [1.54, 1.807) is 0 Å². The second-order valence-corrected chi connectivity index (χ2v) is 2.69. The highest BCUT2D eigenvalue weighted by atomic mass is 32.3. The zero-order valence-electron chi connectivity index (χ0n) is 3.93. The van der Waals surface area contributed by atoms with Crippen LogP contribution < -0.4 is 4.13 Å². The van der Waals surface area contributed by atoms with E-state index in [-0.39, 0.29) is 5.75 Å². The van der Waals surface area contributed by atoms with Crippen LogP contribution in [0.1, 0.15) is 0 Å². The Kier molecular flexibility index (Phi) is 5.73. The van der Waals surface area contributed by atoms with Gasteiger partial charge in [0, 0.05) is 17.0 Å². The molecule has 0 rings (SSSR count). The van der Waals surface area contributed by atoms with Crippen molar-refractivity contribution in [2.45, 2.75) is 0 Å². The van der Waals surface area contributed by atoms with E-state index in [0.717, 1.165) is 11.9 Å². The van der Waals surface area contributed by atoms with Gasteiger partial charge < -0.3 is 4.55 Å². The predicted molar refractivity (Wildman–Crippen MR) is 30.5 cm³/mol. The van der Waals surface area contributed by atoms with E-state index in [0.29, 0.717) is 0 Å². The molecule has 8 heavy (non-hydrogen) atoms. The van der Waals surface area contributed by atoms with Crippen LogP contribution in [-0.4, -0.2) is 21.2 Å². The first-order valence-electron chi connectivity index (χ1n) is 1.80. The molecule has 1 unspecified atom stereocenters. The van der Waals surface area contributed by atoms with E-state index in [2.05, 4.69) is 0 Å². The van der Waals surface area contributed by atoms with E-state index in [1.807, 2.05) is 4.13 Å². The van der Waals surface area contributed by atoms with Crippen LogP contribution in [0.5, 0.6) is 0 Å². The maximum atomic E-state index is 11.2. The normalized spacial score (nSPS) is 13.8. The Morgan fingerprint density at radius 2 is 2.50 bits per heavy atom. The molecule has 0 spiro atoms. The Balaban J connectivity index is 2.82. The van der Waals surface area contributed by atoms with Crippen molar-refractivity contribution in [2.75, 3.05) is 12.4 Å². The standard InChI is InChI=1S/C2H6FNO2S2/c3-1-2-7-4-8(5)6/h4H,1-2H2,(H,5,6)/p-1. The van der Waals surface area contributed by atoms with Crippen molar-refractivity contribution in [3.8, 4) is 0 Å². The van der Waals surface area contributed by atoms with Gasteiger partial charge in [-0.2, -0.15) is 4.13 Å². The molecule has 0 saturated carbocycles. The predicted octanol–water partition coefficient (Wildman–Crippen LogP) is -0.0122. The summed E-state index contributed by atoms with van der Waals surface area (Å²) in [5.74, 6) is 0.161. The second kappa shape index (κ2) is 5.49. The van der Waals surface area contributed by atoms with Gasteiger partial charge in [0.15, 0.2) is 0 Å². The first kappa shape index (κ1) is 8.35. The van der Waals surface area contributed by atoms with Crippen LogP contribution in [0.2, 0.25) is 0 Å². The lowest BCUT2D eigenvalue weighted by molar-refractivity contribution is 0.530. The number of halogens is 1. The molecule has 0 aromatic heterocycles. The fourth-order valence-electron chi connectivity index (χ4n) is 0.128. The topological polar surface area (TPSA) is 52.2 Å². The van der Waals surface area contributed by atoms with Crippen molar-refractivity contribution in [1.29, 1.82) is 0 Å². The van der Waals surface area contributed by atoms with Crippen molar-refractivity contribution in [3.05, 3.63) is 0 Å². The molecular weight excluding hydrogens is 153 g/mol. The molecule has 0 aromatic rings. The average Bonchev–Trinajstić information content (AvgIpc) is 1.66. The summed E-state index contributed by atoms with van der Waals surface area (Å²) in [7, 11) is 0. The Hall–Kier alpha value is 0.350. The molecule has 0 heterocycles. The summed E-state index contributed by atoms with van der Waals surface area (Å²) in [5.41, 5.74) is 0. The molecule has 0 aliphatic heterocycles. The van der Waals surface area contributed by atoms with Crippen LogP contribution in [0.4, 0.5) is 4.39 Å². The highest BCUT2D eigenvalue weighted by Gasteiger charge is 1.83. The Labute approximate surface area is 53.6 Å². The van der Waals surface area contributed by atoms with E-state index >= 15 is 0 Å². The molecule has 0 aliphatic carbocycles. The Morgan fingerprint density at radius 1 is 1.88 bits per heavy atom. The lowest BCUT2D eigenvalue weighted by Crippen LogP contribution is -2.07. The smallest absolute Gasteiger partial charge is 0.0997 e. The number of rotatable bonds is 4. The van der Waals surface area contributed by atoms with E-state index in [1.165, 1.54) is 0 Å². The van der Waals surface area contributed by atoms with Gasteiger partial charge >= 0.3 is 0 Å². The minimum atomic E-state index is -2.27. The molecule has 0 bridgehead atoms. The van der Waals surface area contributed by atoms with Crippen molar-refractivity contribution in [2.24, 2.45) is 0 Å². The van der Waals surface area contributed by atoms with Gasteiger partial charge in [0.05, 0.1) is 6.67 Å². The molecule has 50 valence electrons. The molecular formula is C2H5FNO2S2-. The molecule has 6 heteroatoms. The summed E-state index contributed by atoms with van der Waals surface area (Å²) in [4.78, 5) is 0. The second-order valence-electron chi connectivity index (χ2n) is 0.855. The minimum absolute atomic E-state index is 0.161. The zero-order chi connectivity index (χ0) is 6.41. The molecule has 3 nitrogen and oxygen atoms in total. The van der Waals surface area contributed by atoms with Crippen LogP contribution in [0.3, 0.4) is 0 Å². The summed E-state index contributed by atoms with van der Waals surface area (Å²) < 4.78 is 32.4. The molecule has 1 atom stereocenters. The summed E-state index contributed by atoms with van der Waals surface area (Å²) >= 11 is -1.45. The largest absolute Gasteiger partial charge is 0.759 e. The maximum absolute atomic E-state index is 11.2. The van der Waals surface area contributed by atoms with E-state index in [4.69, 9.17) is 0 Å². The first-order valence-corrected chi connectivity index (χ1v) is 3.86. The third-order valence-corrected chi connectivity index (χ3v) is 1.68. The molecule has 0 saturated heterocycles. The van der Waals surface area contributed by atoms with E-state index in [9.17, 15) is 13.2 Å². The summed E-state index contributed by atoms with van der Waals surface area (Å²) in [6.45, 7) is -0.519. The average molecular weight is 158 g/mol. The maximum Gasteiger partial charge on any atom is 0.0997 e. The van der Waals surface area contributed by atoms with Crippen molar-refractivity contribution in [3.63, 3.8) is 0 Å². The van der Waals surface area contributed by atoms with Gasteiger partial charge in [-0.15, -0.1) is 0 Å². The molecule has 1 N–H and O–H groups in total. The quantitative estimate of drug-likeness (QED) is 0.355. The first-order chi connectivity index (χ1) is 3.77. The van der Waals surface area contributed by atoms with Crippen LogP contribution in [0.25, 0.3) is 0 Å². The summed E-state index contributed by atoms with van der Waals surface area (Å²) in [5, 5.41) is 0. The highest BCUT2D eigenvalue weighted by Crippen LogP contribution is 1.91. The van der Waals surface area contributed by atoms with Gasteiger partial charge in [-0.25, -0.2) is 0 Å². The van der Waals surface area contributed by atoms with Crippen molar-refractivity contribution >= 4 is 23.2 Å². The highest BCUT2D eigenvalue weighted by molar-refractivity contribution is 8.05.